The van der Waals surface area contributed by atoms with E-state index in [-0.39, 0.29) is 0 Å². The van der Waals surface area contributed by atoms with E-state index >= 15 is 0 Å². The number of hydrogen-bond acceptors (Lipinski definition) is 12. The number of rotatable bonds is 6. The third kappa shape index (κ3) is 4.03. The van der Waals surface area contributed by atoms with Gasteiger partial charge in [-0.3, -0.25) is 16.7 Å². The summed E-state index contributed by atoms with van der Waals surface area (Å²) in [5.41, 5.74) is 0. The van der Waals surface area contributed by atoms with Crippen LogP contribution in [-0.2, 0) is 57.2 Å². The van der Waals surface area contributed by atoms with Crippen molar-refractivity contribution in [1.29, 1.82) is 0 Å². The van der Waals surface area contributed by atoms with Crippen LogP contribution in [0.15, 0.2) is 0 Å². The van der Waals surface area contributed by atoms with Crippen molar-refractivity contribution in [3.05, 3.63) is 0 Å². The predicted molar refractivity (Wildman–Crippen MR) is 90.3 cm³/mol. The van der Waals surface area contributed by atoms with Crippen molar-refractivity contribution >= 4 is 40.5 Å². The minimum atomic E-state index is -4.92. The molecule has 12 nitrogen and oxygen atoms in total. The molecule has 2 aliphatic heterocycles. The molecule has 0 amide bonds. The quantitative estimate of drug-likeness (QED) is 0.416. The lowest BCUT2D eigenvalue weighted by molar-refractivity contribution is 0.160. The molecule has 2 rings (SSSR count). The van der Waals surface area contributed by atoms with Crippen molar-refractivity contribution in [1.82, 2.24) is 0 Å². The van der Waals surface area contributed by atoms with Crippen LogP contribution in [0, 0.1) is 0 Å². The zero-order valence-electron chi connectivity index (χ0n) is 14.8. The maximum absolute atomic E-state index is 12.5. The topological polar surface area (TPSA) is 173 Å². The summed E-state index contributed by atoms with van der Waals surface area (Å²) >= 11 is 0. The molecule has 0 spiro atoms. The van der Waals surface area contributed by atoms with Gasteiger partial charge in [-0.05, 0) is 27.7 Å². The molecule has 2 heterocycles. The summed E-state index contributed by atoms with van der Waals surface area (Å²) in [6, 6.07) is 0. The lowest BCUT2D eigenvalue weighted by Crippen LogP contribution is -2.47. The van der Waals surface area contributed by atoms with Crippen LogP contribution in [0.3, 0.4) is 0 Å². The maximum atomic E-state index is 12.5. The maximum Gasteiger partial charge on any atom is 0.290 e. The smallest absolute Gasteiger partial charge is 0.267 e. The van der Waals surface area contributed by atoms with Crippen LogP contribution in [0.5, 0.6) is 0 Å². The first-order chi connectivity index (χ1) is 11.9. The highest BCUT2D eigenvalue weighted by molar-refractivity contribution is 8.06. The third-order valence-electron chi connectivity index (χ3n) is 4.46. The van der Waals surface area contributed by atoms with E-state index in [1.54, 1.807) is 0 Å². The van der Waals surface area contributed by atoms with E-state index in [1.165, 1.54) is 0 Å². The molecule has 2 saturated heterocycles. The molecule has 0 N–H and O–H groups in total. The highest BCUT2D eigenvalue weighted by atomic mass is 32.3. The molecule has 27 heavy (non-hydrogen) atoms. The van der Waals surface area contributed by atoms with E-state index in [0.717, 1.165) is 27.7 Å². The Balaban J connectivity index is 2.25. The van der Waals surface area contributed by atoms with Crippen LogP contribution >= 0.6 is 0 Å². The van der Waals surface area contributed by atoms with Crippen molar-refractivity contribution in [2.75, 3.05) is 13.2 Å². The van der Waals surface area contributed by atoms with Gasteiger partial charge in [0.15, 0.2) is 0 Å². The first-order valence-electron chi connectivity index (χ1n) is 7.57. The molecule has 0 saturated carbocycles. The van der Waals surface area contributed by atoms with E-state index in [9.17, 15) is 33.7 Å². The van der Waals surface area contributed by atoms with E-state index in [1.807, 2.05) is 0 Å². The van der Waals surface area contributed by atoms with Gasteiger partial charge in [0.2, 0.25) is 4.08 Å². The van der Waals surface area contributed by atoms with Gasteiger partial charge in [-0.25, -0.2) is 0 Å². The van der Waals surface area contributed by atoms with Gasteiger partial charge < -0.3 is 0 Å². The summed E-state index contributed by atoms with van der Waals surface area (Å²) in [6.45, 7) is 2.69. The summed E-state index contributed by atoms with van der Waals surface area (Å²) < 4.78 is 112. The van der Waals surface area contributed by atoms with Gasteiger partial charge in [0.05, 0.1) is 13.2 Å². The summed E-state index contributed by atoms with van der Waals surface area (Å²) in [5, 5.41) is -2.67. The van der Waals surface area contributed by atoms with Crippen LogP contribution in [0.4, 0.5) is 0 Å². The molecule has 160 valence electrons. The minimum Gasteiger partial charge on any atom is -0.267 e. The van der Waals surface area contributed by atoms with E-state index in [4.69, 9.17) is 8.37 Å². The van der Waals surface area contributed by atoms with Gasteiger partial charge in [-0.1, -0.05) is 0 Å². The first-order valence-corrected chi connectivity index (χ1v) is 13.3. The van der Waals surface area contributed by atoms with Crippen LogP contribution in [-0.4, -0.2) is 73.7 Å². The Morgan fingerprint density at radius 3 is 1.30 bits per heavy atom. The van der Waals surface area contributed by atoms with Gasteiger partial charge in [0.1, 0.15) is 22.7 Å². The average Bonchev–Trinajstić information content (AvgIpc) is 2.90. The lowest BCUT2D eigenvalue weighted by atomic mass is 10.3. The molecule has 0 aromatic heterocycles. The Morgan fingerprint density at radius 2 is 1.07 bits per heavy atom. The van der Waals surface area contributed by atoms with Crippen molar-refractivity contribution in [3.8, 4) is 0 Å². The van der Waals surface area contributed by atoms with Crippen LogP contribution < -0.4 is 0 Å². The van der Waals surface area contributed by atoms with Gasteiger partial charge >= 0.3 is 0 Å². The van der Waals surface area contributed by atoms with Gasteiger partial charge in [-0.15, -0.1) is 0 Å². The lowest BCUT2D eigenvalue weighted by Gasteiger charge is -2.27. The van der Waals surface area contributed by atoms with Crippen molar-refractivity contribution < 1.29 is 50.4 Å². The van der Waals surface area contributed by atoms with Crippen LogP contribution in [0.25, 0.3) is 0 Å². The Morgan fingerprint density at radius 1 is 0.778 bits per heavy atom. The monoisotopic (exact) mass is 472 g/mol. The predicted octanol–water partition coefficient (Wildman–Crippen LogP) is -1.35. The molecule has 0 radical (unpaired) electrons. The standard InChI is InChI=1S/C11H20O12S4/c1-7-9(5-20-24(7,12)13)22-26(16,17)11(3,4)27(18,19)23-10-6-21-25(14,15)8(10)2/h7-10H,5-6H2,1-4H3. The number of hydrogen-bond donors (Lipinski definition) is 0. The van der Waals surface area contributed by atoms with Gasteiger partial charge in [0.25, 0.3) is 40.5 Å². The van der Waals surface area contributed by atoms with Gasteiger partial charge in [0, 0.05) is 0 Å². The van der Waals surface area contributed by atoms with Crippen molar-refractivity contribution in [2.45, 2.75) is 54.5 Å². The fraction of sp³-hybridized carbons (Fsp3) is 1.00. The molecule has 0 bridgehead atoms. The SMILES string of the molecule is CC1C(OS(=O)(=O)C(C)(C)S(=O)(=O)OC2COS(=O)(=O)C2C)COS1(=O)=O. The summed E-state index contributed by atoms with van der Waals surface area (Å²) in [6.07, 6.45) is -2.88. The molecule has 0 aromatic carbocycles. The molecule has 4 unspecified atom stereocenters. The van der Waals surface area contributed by atoms with Gasteiger partial charge in [-0.2, -0.15) is 33.7 Å². The van der Waals surface area contributed by atoms with Crippen LogP contribution in [0.1, 0.15) is 27.7 Å². The van der Waals surface area contributed by atoms with E-state index in [2.05, 4.69) is 8.37 Å². The van der Waals surface area contributed by atoms with Crippen molar-refractivity contribution in [3.63, 3.8) is 0 Å². The average molecular weight is 473 g/mol. The Kier molecular flexibility index (Phi) is 5.82. The fourth-order valence-electron chi connectivity index (χ4n) is 2.08. The Bertz CT molecular complexity index is 923. The summed E-state index contributed by atoms with van der Waals surface area (Å²) in [4.78, 5) is 0. The second-order valence-electron chi connectivity index (χ2n) is 6.54. The molecule has 2 fully saturated rings. The molecular weight excluding hydrogens is 452 g/mol. The molecule has 2 aliphatic rings. The molecule has 0 aromatic rings. The van der Waals surface area contributed by atoms with Crippen LogP contribution in [0.2, 0.25) is 0 Å². The Hall–Kier alpha value is -0.360. The summed E-state index contributed by atoms with van der Waals surface area (Å²) in [5.74, 6) is 0. The minimum absolute atomic E-state index is 0.592. The zero-order valence-corrected chi connectivity index (χ0v) is 18.0. The van der Waals surface area contributed by atoms with E-state index in [0.29, 0.717) is 0 Å². The highest BCUT2D eigenvalue weighted by Crippen LogP contribution is 2.33. The zero-order chi connectivity index (χ0) is 21.1. The third-order valence-corrected chi connectivity index (χ3v) is 12.4. The molecule has 4 atom stereocenters. The molecule has 16 heteroatoms. The fourth-order valence-corrected chi connectivity index (χ4v) is 7.10. The second-order valence-corrected chi connectivity index (χ2v) is 15.0. The first kappa shape index (κ1) is 22.9. The highest BCUT2D eigenvalue weighted by Gasteiger charge is 2.54. The second kappa shape index (κ2) is 6.86. The molecular formula is C11H20O12S4. The van der Waals surface area contributed by atoms with Crippen molar-refractivity contribution in [2.24, 2.45) is 0 Å². The normalized spacial score (nSPS) is 33.9. The molecule has 0 aliphatic carbocycles. The van der Waals surface area contributed by atoms with E-state index < -0.39 is 80.5 Å². The Labute approximate surface area is 158 Å². The summed E-state index contributed by atoms with van der Waals surface area (Å²) in [7, 11) is -17.9. The largest absolute Gasteiger partial charge is 0.290 e.